The number of halogens is 1. The van der Waals surface area contributed by atoms with Crippen molar-refractivity contribution in [1.82, 2.24) is 14.6 Å². The maximum atomic E-state index is 12.2. The first-order valence-corrected chi connectivity index (χ1v) is 7.31. The quantitative estimate of drug-likeness (QED) is 0.808. The summed E-state index contributed by atoms with van der Waals surface area (Å²) < 4.78 is 1.51. The van der Waals surface area contributed by atoms with Crippen LogP contribution in [0, 0.1) is 6.92 Å². The molecule has 0 saturated carbocycles. The molecular formula is C16H16ClN3O. The largest absolute Gasteiger partial charge is 0.294 e. The van der Waals surface area contributed by atoms with Crippen LogP contribution in [0.25, 0.3) is 5.65 Å². The lowest BCUT2D eigenvalue weighted by Gasteiger charge is -2.03. The van der Waals surface area contributed by atoms with Gasteiger partial charge >= 0.3 is 0 Å². The second-order valence-electron chi connectivity index (χ2n) is 5.12. The van der Waals surface area contributed by atoms with Gasteiger partial charge in [-0.3, -0.25) is 9.89 Å². The molecule has 2 heterocycles. The number of hydrogen-bond donors (Lipinski definition) is 1. The van der Waals surface area contributed by atoms with Gasteiger partial charge in [-0.15, -0.1) is 0 Å². The number of aromatic amines is 1. The minimum Gasteiger partial charge on any atom is -0.294 e. The third-order valence-electron chi connectivity index (χ3n) is 3.63. The Bertz CT molecular complexity index is 846. The molecule has 0 atom stereocenters. The van der Waals surface area contributed by atoms with Crippen molar-refractivity contribution >= 4 is 17.2 Å². The number of benzene rings is 1. The minimum absolute atomic E-state index is 0.0771. The van der Waals surface area contributed by atoms with Gasteiger partial charge in [0.15, 0.2) is 5.65 Å². The molecular weight excluding hydrogens is 286 g/mol. The number of aryl methyl sites for hydroxylation is 2. The van der Waals surface area contributed by atoms with Crippen LogP contribution in [0.5, 0.6) is 0 Å². The molecule has 3 rings (SSSR count). The van der Waals surface area contributed by atoms with E-state index in [1.54, 1.807) is 6.07 Å². The maximum absolute atomic E-state index is 12.2. The van der Waals surface area contributed by atoms with E-state index in [9.17, 15) is 4.79 Å². The molecule has 3 aromatic rings. The van der Waals surface area contributed by atoms with Crippen LogP contribution in [-0.4, -0.2) is 14.6 Å². The number of rotatable bonds is 3. The van der Waals surface area contributed by atoms with Crippen molar-refractivity contribution in [3.05, 3.63) is 68.2 Å². The van der Waals surface area contributed by atoms with Crippen molar-refractivity contribution in [2.45, 2.75) is 26.7 Å². The standard InChI is InChI=1S/C16H16ClN3O/c1-3-14-10(2)19-20-15(21)9-13(18-16(14)20)8-11-4-6-12(17)7-5-11/h4-7,9,19H,3,8H2,1-2H3. The SMILES string of the molecule is CCc1c(C)[nH]n2c(=O)cc(Cc3ccc(Cl)cc3)nc12. The van der Waals surface area contributed by atoms with E-state index in [4.69, 9.17) is 11.6 Å². The van der Waals surface area contributed by atoms with Crippen LogP contribution in [0.1, 0.15) is 29.4 Å². The Hall–Kier alpha value is -2.07. The highest BCUT2D eigenvalue weighted by Gasteiger charge is 2.11. The predicted octanol–water partition coefficient (Wildman–Crippen LogP) is 3.14. The van der Waals surface area contributed by atoms with Gasteiger partial charge in [-0.2, -0.15) is 0 Å². The van der Waals surface area contributed by atoms with Gasteiger partial charge in [0.2, 0.25) is 0 Å². The topological polar surface area (TPSA) is 50.2 Å². The fourth-order valence-electron chi connectivity index (χ4n) is 2.57. The second kappa shape index (κ2) is 5.37. The third kappa shape index (κ3) is 2.59. The Balaban J connectivity index is 2.07. The Labute approximate surface area is 127 Å². The molecule has 0 aliphatic heterocycles. The zero-order chi connectivity index (χ0) is 15.0. The molecule has 0 spiro atoms. The van der Waals surface area contributed by atoms with Gasteiger partial charge in [0.1, 0.15) is 0 Å². The van der Waals surface area contributed by atoms with Crippen LogP contribution < -0.4 is 5.56 Å². The Morgan fingerprint density at radius 2 is 2.00 bits per heavy atom. The van der Waals surface area contributed by atoms with Gasteiger partial charge in [-0.05, 0) is 31.0 Å². The summed E-state index contributed by atoms with van der Waals surface area (Å²) in [5.74, 6) is 0. The van der Waals surface area contributed by atoms with Crippen molar-refractivity contribution in [2.24, 2.45) is 0 Å². The van der Waals surface area contributed by atoms with Crippen molar-refractivity contribution in [2.75, 3.05) is 0 Å². The van der Waals surface area contributed by atoms with Crippen LogP contribution in [0.15, 0.2) is 35.1 Å². The average Bonchev–Trinajstić information content (AvgIpc) is 2.78. The van der Waals surface area contributed by atoms with E-state index in [1.165, 1.54) is 4.52 Å². The molecule has 1 N–H and O–H groups in total. The fraction of sp³-hybridized carbons (Fsp3) is 0.250. The number of nitrogens with one attached hydrogen (secondary N) is 1. The lowest BCUT2D eigenvalue weighted by atomic mass is 10.1. The molecule has 21 heavy (non-hydrogen) atoms. The van der Waals surface area contributed by atoms with Gasteiger partial charge < -0.3 is 0 Å². The average molecular weight is 302 g/mol. The van der Waals surface area contributed by atoms with Gasteiger partial charge in [-0.25, -0.2) is 9.50 Å². The Morgan fingerprint density at radius 1 is 1.29 bits per heavy atom. The number of aromatic nitrogens is 3. The molecule has 0 saturated heterocycles. The number of H-pyrrole nitrogens is 1. The Morgan fingerprint density at radius 3 is 2.67 bits per heavy atom. The summed E-state index contributed by atoms with van der Waals surface area (Å²) in [6.45, 7) is 4.03. The molecule has 4 nitrogen and oxygen atoms in total. The van der Waals surface area contributed by atoms with E-state index in [-0.39, 0.29) is 5.56 Å². The van der Waals surface area contributed by atoms with E-state index in [0.717, 1.165) is 34.6 Å². The van der Waals surface area contributed by atoms with Crippen molar-refractivity contribution in [3.63, 3.8) is 0 Å². The molecule has 2 aromatic heterocycles. The first-order chi connectivity index (χ1) is 10.1. The third-order valence-corrected chi connectivity index (χ3v) is 3.88. The first-order valence-electron chi connectivity index (χ1n) is 6.93. The van der Waals surface area contributed by atoms with Crippen LogP contribution in [0.2, 0.25) is 5.02 Å². The highest BCUT2D eigenvalue weighted by molar-refractivity contribution is 6.30. The second-order valence-corrected chi connectivity index (χ2v) is 5.55. The summed E-state index contributed by atoms with van der Waals surface area (Å²) >= 11 is 5.89. The van der Waals surface area contributed by atoms with Crippen molar-refractivity contribution < 1.29 is 0 Å². The molecule has 108 valence electrons. The number of hydrogen-bond acceptors (Lipinski definition) is 2. The van der Waals surface area contributed by atoms with Crippen molar-refractivity contribution in [3.8, 4) is 0 Å². The van der Waals surface area contributed by atoms with Crippen LogP contribution in [0.4, 0.5) is 0 Å². The lowest BCUT2D eigenvalue weighted by Crippen LogP contribution is -2.16. The molecule has 0 amide bonds. The molecule has 0 bridgehead atoms. The molecule has 5 heteroatoms. The summed E-state index contributed by atoms with van der Waals surface area (Å²) in [5.41, 5.74) is 4.59. The van der Waals surface area contributed by atoms with E-state index >= 15 is 0 Å². The number of fused-ring (bicyclic) bond motifs is 1. The van der Waals surface area contributed by atoms with Gasteiger partial charge in [-0.1, -0.05) is 30.7 Å². The van der Waals surface area contributed by atoms with Crippen LogP contribution in [0.3, 0.4) is 0 Å². The van der Waals surface area contributed by atoms with E-state index in [2.05, 4.69) is 17.0 Å². The smallest absolute Gasteiger partial charge is 0.272 e. The summed E-state index contributed by atoms with van der Waals surface area (Å²) in [4.78, 5) is 16.8. The predicted molar refractivity (Wildman–Crippen MR) is 84.2 cm³/mol. The highest BCUT2D eigenvalue weighted by Crippen LogP contribution is 2.15. The summed E-state index contributed by atoms with van der Waals surface area (Å²) in [7, 11) is 0. The maximum Gasteiger partial charge on any atom is 0.272 e. The highest BCUT2D eigenvalue weighted by atomic mass is 35.5. The van der Waals surface area contributed by atoms with Gasteiger partial charge in [0.25, 0.3) is 5.56 Å². The van der Waals surface area contributed by atoms with Gasteiger partial charge in [0.05, 0.1) is 5.69 Å². The molecule has 0 aliphatic carbocycles. The normalized spacial score (nSPS) is 11.2. The van der Waals surface area contributed by atoms with Crippen LogP contribution >= 0.6 is 11.6 Å². The van der Waals surface area contributed by atoms with Gasteiger partial charge in [0, 0.05) is 28.8 Å². The monoisotopic (exact) mass is 301 g/mol. The Kier molecular flexibility index (Phi) is 3.55. The zero-order valence-corrected chi connectivity index (χ0v) is 12.7. The van der Waals surface area contributed by atoms with E-state index < -0.39 is 0 Å². The summed E-state index contributed by atoms with van der Waals surface area (Å²) in [5, 5.41) is 3.77. The molecule has 0 unspecified atom stereocenters. The fourth-order valence-corrected chi connectivity index (χ4v) is 2.69. The zero-order valence-electron chi connectivity index (χ0n) is 12.0. The molecule has 0 radical (unpaired) electrons. The van der Waals surface area contributed by atoms with Crippen LogP contribution in [-0.2, 0) is 12.8 Å². The minimum atomic E-state index is -0.0771. The molecule has 1 aromatic carbocycles. The van der Waals surface area contributed by atoms with Crippen molar-refractivity contribution in [1.29, 1.82) is 0 Å². The lowest BCUT2D eigenvalue weighted by molar-refractivity contribution is 0.866. The summed E-state index contributed by atoms with van der Waals surface area (Å²) in [6, 6.07) is 9.18. The first kappa shape index (κ1) is 13.9. The van der Waals surface area contributed by atoms with E-state index in [1.807, 2.05) is 31.2 Å². The number of nitrogens with zero attached hydrogens (tertiary/aromatic N) is 2. The summed E-state index contributed by atoms with van der Waals surface area (Å²) in [6.07, 6.45) is 1.46. The molecule has 0 fully saturated rings. The molecule has 0 aliphatic rings. The van der Waals surface area contributed by atoms with E-state index in [0.29, 0.717) is 11.4 Å².